The third-order valence-electron chi connectivity index (χ3n) is 4.07. The van der Waals surface area contributed by atoms with Gasteiger partial charge >= 0.3 is 0 Å². The summed E-state index contributed by atoms with van der Waals surface area (Å²) in [5.41, 5.74) is 1.58. The number of aliphatic hydroxyl groups excluding tert-OH is 1. The van der Waals surface area contributed by atoms with Crippen LogP contribution in [0.3, 0.4) is 0 Å². The number of carbonyl (C=O) groups excluding carboxylic acids is 1. The number of β-amino-alcohol motifs (C(OH)–C–C–N with tert-alkyl or cyclic N) is 1. The number of aliphatic hydroxyl groups is 1. The molecule has 0 spiro atoms. The third kappa shape index (κ3) is 3.21. The molecule has 2 atom stereocenters. The first-order chi connectivity index (χ1) is 11.5. The molecular weight excluding hydrogens is 311 g/mol. The summed E-state index contributed by atoms with van der Waals surface area (Å²) in [6.07, 6.45) is -0.271. The number of carbonyl (C=O) groups is 1. The Balaban J connectivity index is 1.94. The SMILES string of the molecule is CNc1nc(C)cc(C(=O)N2C[C@@H](O)C[C@H]2c2cccc(F)c2)n1. The summed E-state index contributed by atoms with van der Waals surface area (Å²) in [5.74, 6) is -0.306. The second-order valence-corrected chi connectivity index (χ2v) is 5.89. The van der Waals surface area contributed by atoms with Crippen LogP contribution < -0.4 is 5.32 Å². The van der Waals surface area contributed by atoms with Gasteiger partial charge in [-0.1, -0.05) is 12.1 Å². The molecule has 1 aliphatic heterocycles. The number of amides is 1. The van der Waals surface area contributed by atoms with Gasteiger partial charge in [0.15, 0.2) is 0 Å². The van der Waals surface area contributed by atoms with Crippen LogP contribution in [-0.2, 0) is 0 Å². The number of aryl methyl sites for hydroxylation is 1. The van der Waals surface area contributed by atoms with Gasteiger partial charge in [0.2, 0.25) is 5.95 Å². The van der Waals surface area contributed by atoms with E-state index in [9.17, 15) is 14.3 Å². The van der Waals surface area contributed by atoms with Crippen molar-refractivity contribution in [3.05, 3.63) is 53.1 Å². The molecule has 1 aromatic heterocycles. The summed E-state index contributed by atoms with van der Waals surface area (Å²) >= 11 is 0. The van der Waals surface area contributed by atoms with Crippen LogP contribution in [0.15, 0.2) is 30.3 Å². The molecule has 0 unspecified atom stereocenters. The Labute approximate surface area is 139 Å². The van der Waals surface area contributed by atoms with Crippen LogP contribution in [0.2, 0.25) is 0 Å². The van der Waals surface area contributed by atoms with E-state index >= 15 is 0 Å². The molecular formula is C17H19FN4O2. The highest BCUT2D eigenvalue weighted by Crippen LogP contribution is 2.33. The van der Waals surface area contributed by atoms with Crippen molar-refractivity contribution in [2.24, 2.45) is 0 Å². The number of likely N-dealkylation sites (tertiary alicyclic amines) is 1. The van der Waals surface area contributed by atoms with Gasteiger partial charge in [0.05, 0.1) is 12.1 Å². The predicted octanol–water partition coefficient (Wildman–Crippen LogP) is 1.91. The summed E-state index contributed by atoms with van der Waals surface area (Å²) < 4.78 is 13.5. The zero-order valence-electron chi connectivity index (χ0n) is 13.5. The number of halogens is 1. The molecule has 2 aromatic rings. The second-order valence-electron chi connectivity index (χ2n) is 5.89. The Kier molecular flexibility index (Phi) is 4.44. The normalized spacial score (nSPS) is 20.2. The van der Waals surface area contributed by atoms with Gasteiger partial charge < -0.3 is 15.3 Å². The Morgan fingerprint density at radius 2 is 2.17 bits per heavy atom. The van der Waals surface area contributed by atoms with Gasteiger partial charge in [0, 0.05) is 19.3 Å². The molecule has 1 aliphatic rings. The second kappa shape index (κ2) is 6.52. The van der Waals surface area contributed by atoms with Crippen LogP contribution in [0.5, 0.6) is 0 Å². The van der Waals surface area contributed by atoms with Crippen molar-refractivity contribution in [3.63, 3.8) is 0 Å². The molecule has 0 radical (unpaired) electrons. The van der Waals surface area contributed by atoms with Gasteiger partial charge in [-0.15, -0.1) is 0 Å². The lowest BCUT2D eigenvalue weighted by molar-refractivity contribution is 0.0709. The number of hydrogen-bond acceptors (Lipinski definition) is 5. The van der Waals surface area contributed by atoms with E-state index in [0.717, 1.165) is 0 Å². The fourth-order valence-corrected chi connectivity index (χ4v) is 3.01. The van der Waals surface area contributed by atoms with E-state index in [2.05, 4.69) is 15.3 Å². The average Bonchev–Trinajstić information content (AvgIpc) is 2.95. The fourth-order valence-electron chi connectivity index (χ4n) is 3.01. The Bertz CT molecular complexity index is 768. The molecule has 1 saturated heterocycles. The summed E-state index contributed by atoms with van der Waals surface area (Å²) in [6.45, 7) is 1.97. The lowest BCUT2D eigenvalue weighted by Gasteiger charge is -2.24. The van der Waals surface area contributed by atoms with Crippen molar-refractivity contribution < 1.29 is 14.3 Å². The number of anilines is 1. The van der Waals surface area contributed by atoms with Crippen molar-refractivity contribution in [2.75, 3.05) is 18.9 Å². The highest BCUT2D eigenvalue weighted by atomic mass is 19.1. The molecule has 0 bridgehead atoms. The zero-order valence-corrected chi connectivity index (χ0v) is 13.5. The van der Waals surface area contributed by atoms with Crippen molar-refractivity contribution >= 4 is 11.9 Å². The van der Waals surface area contributed by atoms with Crippen LogP contribution in [0, 0.1) is 12.7 Å². The molecule has 3 rings (SSSR count). The monoisotopic (exact) mass is 330 g/mol. The molecule has 0 aliphatic carbocycles. The molecule has 7 heteroatoms. The molecule has 2 N–H and O–H groups in total. The first-order valence-electron chi connectivity index (χ1n) is 7.76. The predicted molar refractivity (Wildman–Crippen MR) is 87.1 cm³/mol. The van der Waals surface area contributed by atoms with Crippen LogP contribution in [0.25, 0.3) is 0 Å². The first-order valence-corrected chi connectivity index (χ1v) is 7.76. The van der Waals surface area contributed by atoms with Crippen LogP contribution >= 0.6 is 0 Å². The van der Waals surface area contributed by atoms with Crippen LogP contribution in [0.1, 0.15) is 34.2 Å². The largest absolute Gasteiger partial charge is 0.391 e. The maximum Gasteiger partial charge on any atom is 0.273 e. The van der Waals surface area contributed by atoms with E-state index in [1.165, 1.54) is 12.1 Å². The van der Waals surface area contributed by atoms with Crippen molar-refractivity contribution in [2.45, 2.75) is 25.5 Å². The van der Waals surface area contributed by atoms with Gasteiger partial charge in [-0.05, 0) is 37.1 Å². The number of benzene rings is 1. The van der Waals surface area contributed by atoms with E-state index in [-0.39, 0.29) is 30.0 Å². The minimum atomic E-state index is -0.645. The third-order valence-corrected chi connectivity index (χ3v) is 4.07. The molecule has 1 fully saturated rings. The van der Waals surface area contributed by atoms with E-state index in [0.29, 0.717) is 23.6 Å². The smallest absolute Gasteiger partial charge is 0.273 e. The Morgan fingerprint density at radius 1 is 1.38 bits per heavy atom. The van der Waals surface area contributed by atoms with Gasteiger partial charge in [-0.2, -0.15) is 0 Å². The minimum Gasteiger partial charge on any atom is -0.391 e. The fraction of sp³-hybridized carbons (Fsp3) is 0.353. The quantitative estimate of drug-likeness (QED) is 0.899. The van der Waals surface area contributed by atoms with Gasteiger partial charge in [0.1, 0.15) is 11.5 Å². The van der Waals surface area contributed by atoms with Crippen molar-refractivity contribution in [1.29, 1.82) is 0 Å². The Morgan fingerprint density at radius 3 is 2.88 bits per heavy atom. The maximum absolute atomic E-state index is 13.5. The molecule has 126 valence electrons. The van der Waals surface area contributed by atoms with Crippen molar-refractivity contribution in [3.8, 4) is 0 Å². The summed E-state index contributed by atoms with van der Waals surface area (Å²) in [7, 11) is 1.68. The van der Waals surface area contributed by atoms with Gasteiger partial charge in [-0.3, -0.25) is 4.79 Å². The maximum atomic E-state index is 13.5. The molecule has 1 aromatic carbocycles. The summed E-state index contributed by atoms with van der Waals surface area (Å²) in [5, 5.41) is 12.8. The number of nitrogens with zero attached hydrogens (tertiary/aromatic N) is 3. The highest BCUT2D eigenvalue weighted by Gasteiger charge is 2.36. The number of aromatic nitrogens is 2. The van der Waals surface area contributed by atoms with E-state index in [4.69, 9.17) is 0 Å². The number of rotatable bonds is 3. The summed E-state index contributed by atoms with van der Waals surface area (Å²) in [6, 6.07) is 7.34. The van der Waals surface area contributed by atoms with Gasteiger partial charge in [0.25, 0.3) is 5.91 Å². The topological polar surface area (TPSA) is 78.4 Å². The van der Waals surface area contributed by atoms with E-state index in [1.54, 1.807) is 37.1 Å². The van der Waals surface area contributed by atoms with Crippen molar-refractivity contribution in [1.82, 2.24) is 14.9 Å². The molecule has 6 nitrogen and oxygen atoms in total. The minimum absolute atomic E-state index is 0.192. The van der Waals surface area contributed by atoms with E-state index < -0.39 is 6.10 Å². The standard InChI is InChI=1S/C17H19FN4O2/c1-10-6-14(21-17(19-2)20-10)16(24)22-9-13(23)8-15(22)11-4-3-5-12(18)7-11/h3-7,13,15,23H,8-9H2,1-2H3,(H,19,20,21)/t13-,15-/m0/s1. The highest BCUT2D eigenvalue weighted by molar-refractivity contribution is 5.93. The van der Waals surface area contributed by atoms with Crippen LogP contribution in [0.4, 0.5) is 10.3 Å². The zero-order chi connectivity index (χ0) is 17.3. The molecule has 1 amide bonds. The van der Waals surface area contributed by atoms with Gasteiger partial charge in [-0.25, -0.2) is 14.4 Å². The molecule has 0 saturated carbocycles. The van der Waals surface area contributed by atoms with Crippen LogP contribution in [-0.4, -0.2) is 45.6 Å². The number of nitrogens with one attached hydrogen (secondary N) is 1. The lowest BCUT2D eigenvalue weighted by atomic mass is 10.0. The van der Waals surface area contributed by atoms with E-state index in [1.807, 2.05) is 0 Å². The molecule has 2 heterocycles. The molecule has 24 heavy (non-hydrogen) atoms. The Hall–Kier alpha value is -2.54. The average molecular weight is 330 g/mol. The lowest BCUT2D eigenvalue weighted by Crippen LogP contribution is -2.32. The first kappa shape index (κ1) is 16.3. The summed E-state index contributed by atoms with van der Waals surface area (Å²) in [4.78, 5) is 22.8. The number of hydrogen-bond donors (Lipinski definition) is 2.